The average Bonchev–Trinajstić information content (AvgIpc) is 2.63. The quantitative estimate of drug-likeness (QED) is 0.794. The largest absolute Gasteiger partial charge is 0.397 e. The Hall–Kier alpha value is -2.01. The van der Waals surface area contributed by atoms with Gasteiger partial charge in [0.1, 0.15) is 0 Å². The van der Waals surface area contributed by atoms with E-state index in [4.69, 9.17) is 5.73 Å². The van der Waals surface area contributed by atoms with Crippen molar-refractivity contribution in [1.82, 2.24) is 0 Å². The van der Waals surface area contributed by atoms with Crippen molar-refractivity contribution in [1.29, 1.82) is 5.26 Å². The summed E-state index contributed by atoms with van der Waals surface area (Å²) in [4.78, 5) is 0. The van der Waals surface area contributed by atoms with Gasteiger partial charge in [-0.1, -0.05) is 42.8 Å². The lowest BCUT2D eigenvalue weighted by atomic mass is 9.66. The van der Waals surface area contributed by atoms with Gasteiger partial charge in [-0.15, -0.1) is 0 Å². The van der Waals surface area contributed by atoms with Gasteiger partial charge in [0, 0.05) is 11.0 Å². The van der Waals surface area contributed by atoms with Crippen LogP contribution in [0.2, 0.25) is 0 Å². The summed E-state index contributed by atoms with van der Waals surface area (Å²) in [6.07, 6.45) is 5.52. The summed E-state index contributed by atoms with van der Waals surface area (Å²) >= 11 is 0. The van der Waals surface area contributed by atoms with E-state index in [2.05, 4.69) is 12.1 Å². The molecule has 17 heavy (non-hydrogen) atoms. The van der Waals surface area contributed by atoms with Crippen LogP contribution in [0.1, 0.15) is 24.8 Å². The molecule has 2 aliphatic carbocycles. The molecule has 2 nitrogen and oxygen atoms in total. The predicted molar refractivity (Wildman–Crippen MR) is 67.5 cm³/mol. The Kier molecular flexibility index (Phi) is 2.09. The van der Waals surface area contributed by atoms with Gasteiger partial charge in [-0.25, -0.2) is 0 Å². The fraction of sp³-hybridized carbons (Fsp3) is 0.267. The van der Waals surface area contributed by atoms with Crippen molar-refractivity contribution < 1.29 is 0 Å². The highest BCUT2D eigenvalue weighted by Gasteiger charge is 2.44. The Morgan fingerprint density at radius 2 is 1.88 bits per heavy atom. The summed E-state index contributed by atoms with van der Waals surface area (Å²) in [5.74, 6) is 0. The summed E-state index contributed by atoms with van der Waals surface area (Å²) in [6, 6.07) is 12.4. The molecule has 0 atom stereocenters. The number of rotatable bonds is 1. The monoisotopic (exact) mass is 222 g/mol. The van der Waals surface area contributed by atoms with E-state index in [0.717, 1.165) is 29.6 Å². The second-order valence-corrected chi connectivity index (χ2v) is 4.83. The number of nitriles is 1. The summed E-state index contributed by atoms with van der Waals surface area (Å²) in [7, 11) is 0. The molecule has 0 radical (unpaired) electrons. The van der Waals surface area contributed by atoms with E-state index in [9.17, 15) is 5.26 Å². The first-order valence-corrected chi connectivity index (χ1v) is 5.96. The maximum Gasteiger partial charge on any atom is 0.0978 e. The van der Waals surface area contributed by atoms with Gasteiger partial charge >= 0.3 is 0 Å². The highest BCUT2D eigenvalue weighted by atomic mass is 14.6. The average molecular weight is 222 g/mol. The van der Waals surface area contributed by atoms with E-state index in [1.807, 2.05) is 30.3 Å². The molecule has 2 heteroatoms. The number of hydrogen-bond acceptors (Lipinski definition) is 2. The lowest BCUT2D eigenvalue weighted by molar-refractivity contribution is 0.269. The molecule has 1 aromatic carbocycles. The number of benzene rings is 1. The van der Waals surface area contributed by atoms with Crippen molar-refractivity contribution in [3.8, 4) is 6.07 Å². The maximum absolute atomic E-state index is 9.28. The normalized spacial score (nSPS) is 21.0. The fourth-order valence-electron chi connectivity index (χ4n) is 2.81. The zero-order valence-corrected chi connectivity index (χ0v) is 9.61. The molecular weight excluding hydrogens is 208 g/mol. The van der Waals surface area contributed by atoms with Crippen molar-refractivity contribution in [3.63, 3.8) is 0 Å². The first-order valence-electron chi connectivity index (χ1n) is 5.96. The Morgan fingerprint density at radius 3 is 2.35 bits per heavy atom. The lowest BCUT2D eigenvalue weighted by Crippen LogP contribution is -2.27. The van der Waals surface area contributed by atoms with Gasteiger partial charge in [-0.3, -0.25) is 0 Å². The Morgan fingerprint density at radius 1 is 1.18 bits per heavy atom. The van der Waals surface area contributed by atoms with E-state index in [-0.39, 0.29) is 5.41 Å². The van der Waals surface area contributed by atoms with E-state index in [0.29, 0.717) is 5.70 Å². The minimum absolute atomic E-state index is 0.0377. The minimum atomic E-state index is -0.0377. The van der Waals surface area contributed by atoms with E-state index in [1.54, 1.807) is 0 Å². The van der Waals surface area contributed by atoms with E-state index >= 15 is 0 Å². The predicted octanol–water partition coefficient (Wildman–Crippen LogP) is 2.99. The smallest absolute Gasteiger partial charge is 0.0978 e. The SMILES string of the molecule is N#CC1=C(N)C(c2ccccc2)=CC12CCC2. The topological polar surface area (TPSA) is 49.8 Å². The molecule has 0 heterocycles. The third-order valence-electron chi connectivity index (χ3n) is 3.92. The fourth-order valence-corrected chi connectivity index (χ4v) is 2.81. The van der Waals surface area contributed by atoms with Crippen molar-refractivity contribution in [2.75, 3.05) is 0 Å². The van der Waals surface area contributed by atoms with Gasteiger partial charge in [-0.2, -0.15) is 5.26 Å². The highest BCUT2D eigenvalue weighted by Crippen LogP contribution is 2.54. The van der Waals surface area contributed by atoms with E-state index < -0.39 is 0 Å². The van der Waals surface area contributed by atoms with Crippen LogP contribution in [0.5, 0.6) is 0 Å². The minimum Gasteiger partial charge on any atom is -0.397 e. The van der Waals surface area contributed by atoms with Crippen LogP contribution in [0.15, 0.2) is 47.7 Å². The second kappa shape index (κ2) is 3.49. The van der Waals surface area contributed by atoms with Crippen LogP contribution in [0, 0.1) is 16.7 Å². The van der Waals surface area contributed by atoms with Crippen LogP contribution < -0.4 is 5.73 Å². The molecule has 0 saturated heterocycles. The second-order valence-electron chi connectivity index (χ2n) is 4.83. The lowest BCUT2D eigenvalue weighted by Gasteiger charge is -2.36. The number of hydrogen-bond donors (Lipinski definition) is 1. The molecule has 0 amide bonds. The molecule has 0 bridgehead atoms. The summed E-state index contributed by atoms with van der Waals surface area (Å²) < 4.78 is 0. The van der Waals surface area contributed by atoms with Crippen molar-refractivity contribution in [3.05, 3.63) is 53.2 Å². The molecule has 1 saturated carbocycles. The van der Waals surface area contributed by atoms with Crippen molar-refractivity contribution in [2.45, 2.75) is 19.3 Å². The van der Waals surface area contributed by atoms with Gasteiger partial charge in [0.05, 0.1) is 17.3 Å². The molecule has 1 aromatic rings. The Balaban J connectivity index is 2.11. The van der Waals surface area contributed by atoms with Gasteiger partial charge in [-0.05, 0) is 18.4 Å². The van der Waals surface area contributed by atoms with Gasteiger partial charge in [0.2, 0.25) is 0 Å². The van der Waals surface area contributed by atoms with Crippen LogP contribution in [-0.4, -0.2) is 0 Å². The molecule has 2 aliphatic rings. The Bertz CT molecular complexity index is 554. The number of allylic oxidation sites excluding steroid dienone is 3. The first-order chi connectivity index (χ1) is 8.27. The molecule has 0 aliphatic heterocycles. The van der Waals surface area contributed by atoms with Crippen LogP contribution in [0.25, 0.3) is 5.57 Å². The zero-order valence-electron chi connectivity index (χ0n) is 9.61. The van der Waals surface area contributed by atoms with Crippen LogP contribution in [-0.2, 0) is 0 Å². The van der Waals surface area contributed by atoms with Crippen LogP contribution in [0.4, 0.5) is 0 Å². The summed E-state index contributed by atoms with van der Waals surface area (Å²) in [5.41, 5.74) is 9.72. The van der Waals surface area contributed by atoms with Crippen molar-refractivity contribution >= 4 is 5.57 Å². The molecular formula is C15H14N2. The van der Waals surface area contributed by atoms with Gasteiger partial charge in [0.25, 0.3) is 0 Å². The van der Waals surface area contributed by atoms with Crippen LogP contribution in [0.3, 0.4) is 0 Å². The van der Waals surface area contributed by atoms with Crippen molar-refractivity contribution in [2.24, 2.45) is 11.1 Å². The number of nitrogens with two attached hydrogens (primary N) is 1. The molecule has 0 aromatic heterocycles. The third kappa shape index (κ3) is 1.32. The standard InChI is InChI=1S/C15H14N2/c16-10-13-14(17)12(9-15(13)7-4-8-15)11-5-2-1-3-6-11/h1-3,5-6,9H,4,7-8,17H2. The molecule has 84 valence electrons. The molecule has 3 rings (SSSR count). The summed E-state index contributed by atoms with van der Waals surface area (Å²) in [6.45, 7) is 0. The molecule has 2 N–H and O–H groups in total. The summed E-state index contributed by atoms with van der Waals surface area (Å²) in [5, 5.41) is 9.28. The van der Waals surface area contributed by atoms with E-state index in [1.165, 1.54) is 6.42 Å². The molecule has 1 fully saturated rings. The molecule has 1 spiro atoms. The first kappa shape index (κ1) is 10.2. The third-order valence-corrected chi connectivity index (χ3v) is 3.92. The zero-order chi connectivity index (χ0) is 11.9. The highest BCUT2D eigenvalue weighted by molar-refractivity contribution is 5.85. The molecule has 0 unspecified atom stereocenters. The maximum atomic E-state index is 9.28. The van der Waals surface area contributed by atoms with Gasteiger partial charge in [0.15, 0.2) is 0 Å². The number of nitrogens with zero attached hydrogens (tertiary/aromatic N) is 1. The van der Waals surface area contributed by atoms with Gasteiger partial charge < -0.3 is 5.73 Å². The Labute approximate surface area is 101 Å². The van der Waals surface area contributed by atoms with Crippen LogP contribution >= 0.6 is 0 Å².